The number of hydrogen-bond acceptors (Lipinski definition) is 4. The van der Waals surface area contributed by atoms with Gasteiger partial charge in [0.2, 0.25) is 0 Å². The number of rotatable bonds is 7. The van der Waals surface area contributed by atoms with E-state index < -0.39 is 9.84 Å². The van der Waals surface area contributed by atoms with Crippen LogP contribution in [0, 0.1) is 0 Å². The molecule has 0 aromatic heterocycles. The number of amides is 2. The summed E-state index contributed by atoms with van der Waals surface area (Å²) in [5.41, 5.74) is 0.822. The van der Waals surface area contributed by atoms with Crippen LogP contribution in [0.25, 0.3) is 0 Å². The quantitative estimate of drug-likeness (QED) is 0.741. The van der Waals surface area contributed by atoms with Crippen LogP contribution in [-0.2, 0) is 9.84 Å². The van der Waals surface area contributed by atoms with Gasteiger partial charge in [-0.15, -0.1) is 0 Å². The van der Waals surface area contributed by atoms with Crippen LogP contribution in [0.5, 0.6) is 5.75 Å². The molecule has 25 heavy (non-hydrogen) atoms. The van der Waals surface area contributed by atoms with Crippen LogP contribution in [0.4, 0.5) is 4.79 Å². The molecule has 0 radical (unpaired) electrons. The molecule has 0 fully saturated rings. The molecule has 2 aromatic carbocycles. The van der Waals surface area contributed by atoms with E-state index in [1.807, 2.05) is 37.3 Å². The van der Waals surface area contributed by atoms with Crippen LogP contribution < -0.4 is 15.4 Å². The minimum absolute atomic E-state index is 0.247. The highest BCUT2D eigenvalue weighted by atomic mass is 32.2. The predicted octanol–water partition coefficient (Wildman–Crippen LogP) is 2.53. The van der Waals surface area contributed by atoms with E-state index >= 15 is 0 Å². The van der Waals surface area contributed by atoms with Gasteiger partial charge >= 0.3 is 6.03 Å². The summed E-state index contributed by atoms with van der Waals surface area (Å²) in [5.74, 6) is 0.754. The number of ether oxygens (including phenoxy) is 1. The summed E-state index contributed by atoms with van der Waals surface area (Å²) >= 11 is 0. The Kier molecular flexibility index (Phi) is 6.41. The van der Waals surface area contributed by atoms with Gasteiger partial charge in [-0.2, -0.15) is 0 Å². The van der Waals surface area contributed by atoms with Crippen molar-refractivity contribution in [2.24, 2.45) is 0 Å². The summed E-state index contributed by atoms with van der Waals surface area (Å²) in [7, 11) is -3.22. The number of carbonyl (C=O) groups is 1. The zero-order chi connectivity index (χ0) is 18.3. The van der Waals surface area contributed by atoms with E-state index in [9.17, 15) is 13.2 Å². The van der Waals surface area contributed by atoms with Gasteiger partial charge < -0.3 is 15.4 Å². The van der Waals surface area contributed by atoms with Crippen LogP contribution in [0.15, 0.2) is 59.5 Å². The molecule has 1 atom stereocenters. The normalized spacial score (nSPS) is 12.2. The van der Waals surface area contributed by atoms with Crippen molar-refractivity contribution in [1.29, 1.82) is 0 Å². The number of para-hydroxylation sites is 1. The van der Waals surface area contributed by atoms with E-state index in [-0.39, 0.29) is 17.0 Å². The van der Waals surface area contributed by atoms with Crippen molar-refractivity contribution >= 4 is 15.9 Å². The lowest BCUT2D eigenvalue weighted by Crippen LogP contribution is -2.38. The molecule has 1 unspecified atom stereocenters. The SMILES string of the molecule is CC(NC(=O)NCCOc1ccccc1)c1ccc(S(C)(=O)=O)cc1. The van der Waals surface area contributed by atoms with E-state index in [2.05, 4.69) is 10.6 Å². The van der Waals surface area contributed by atoms with Crippen LogP contribution in [-0.4, -0.2) is 33.9 Å². The largest absolute Gasteiger partial charge is 0.492 e. The number of nitrogens with one attached hydrogen (secondary N) is 2. The van der Waals surface area contributed by atoms with Crippen LogP contribution in [0.3, 0.4) is 0 Å². The maximum atomic E-state index is 11.9. The lowest BCUT2D eigenvalue weighted by atomic mass is 10.1. The number of sulfone groups is 1. The third-order valence-electron chi connectivity index (χ3n) is 3.56. The molecule has 0 aliphatic heterocycles. The van der Waals surface area contributed by atoms with Crippen molar-refractivity contribution in [3.63, 3.8) is 0 Å². The zero-order valence-corrected chi connectivity index (χ0v) is 15.0. The molecule has 2 N–H and O–H groups in total. The summed E-state index contributed by atoms with van der Waals surface area (Å²) in [4.78, 5) is 12.1. The molecule has 0 spiro atoms. The predicted molar refractivity (Wildman–Crippen MR) is 96.4 cm³/mol. The summed E-state index contributed by atoms with van der Waals surface area (Å²) in [6.07, 6.45) is 1.16. The van der Waals surface area contributed by atoms with Gasteiger partial charge in [0.05, 0.1) is 17.5 Å². The standard InChI is InChI=1S/C18H22N2O4S/c1-14(15-8-10-17(11-9-15)25(2,22)23)20-18(21)19-12-13-24-16-6-4-3-5-7-16/h3-11,14H,12-13H2,1-2H3,(H2,19,20,21). The highest BCUT2D eigenvalue weighted by Gasteiger charge is 2.11. The van der Waals surface area contributed by atoms with Gasteiger partial charge in [-0.3, -0.25) is 0 Å². The minimum Gasteiger partial charge on any atom is -0.492 e. The molecule has 0 aliphatic carbocycles. The van der Waals surface area contributed by atoms with Crippen molar-refractivity contribution in [2.45, 2.75) is 17.9 Å². The molecule has 2 rings (SSSR count). The molecule has 7 heteroatoms. The molecule has 0 heterocycles. The van der Waals surface area contributed by atoms with Gasteiger partial charge in [0.1, 0.15) is 12.4 Å². The molecule has 2 amide bonds. The Morgan fingerprint density at radius 3 is 2.32 bits per heavy atom. The van der Waals surface area contributed by atoms with E-state index in [0.29, 0.717) is 13.2 Å². The Morgan fingerprint density at radius 1 is 1.08 bits per heavy atom. The number of urea groups is 1. The lowest BCUT2D eigenvalue weighted by molar-refractivity contribution is 0.233. The van der Waals surface area contributed by atoms with Gasteiger partial charge in [0.15, 0.2) is 9.84 Å². The Hall–Kier alpha value is -2.54. The molecular weight excluding hydrogens is 340 g/mol. The Bertz CT molecular complexity index is 790. The first-order valence-corrected chi connectivity index (χ1v) is 9.77. The topological polar surface area (TPSA) is 84.5 Å². The third-order valence-corrected chi connectivity index (χ3v) is 4.68. The first-order chi connectivity index (χ1) is 11.9. The minimum atomic E-state index is -3.22. The Labute approximate surface area is 148 Å². The zero-order valence-electron chi connectivity index (χ0n) is 14.2. The van der Waals surface area contributed by atoms with E-state index in [4.69, 9.17) is 4.74 Å². The molecule has 2 aromatic rings. The summed E-state index contributed by atoms with van der Waals surface area (Å²) in [6, 6.07) is 15.3. The molecular formula is C18H22N2O4S. The average molecular weight is 362 g/mol. The number of hydrogen-bond donors (Lipinski definition) is 2. The monoisotopic (exact) mass is 362 g/mol. The van der Waals surface area contributed by atoms with E-state index in [1.165, 1.54) is 12.1 Å². The third kappa shape index (κ3) is 6.11. The van der Waals surface area contributed by atoms with Crippen molar-refractivity contribution in [2.75, 3.05) is 19.4 Å². The maximum absolute atomic E-state index is 11.9. The Balaban J connectivity index is 1.76. The molecule has 0 bridgehead atoms. The van der Waals surface area contributed by atoms with Crippen molar-refractivity contribution in [3.05, 3.63) is 60.2 Å². The first kappa shape index (κ1) is 18.8. The van der Waals surface area contributed by atoms with Crippen molar-refractivity contribution in [1.82, 2.24) is 10.6 Å². The summed E-state index contributed by atoms with van der Waals surface area (Å²) in [6.45, 7) is 2.57. The second-order valence-electron chi connectivity index (χ2n) is 5.62. The number of benzene rings is 2. The van der Waals surface area contributed by atoms with Gasteiger partial charge in [-0.25, -0.2) is 13.2 Å². The molecule has 0 aliphatic rings. The second-order valence-corrected chi connectivity index (χ2v) is 7.64. The van der Waals surface area contributed by atoms with E-state index in [0.717, 1.165) is 17.6 Å². The number of carbonyl (C=O) groups excluding carboxylic acids is 1. The van der Waals surface area contributed by atoms with Crippen molar-refractivity contribution in [3.8, 4) is 5.75 Å². The first-order valence-electron chi connectivity index (χ1n) is 7.88. The fourth-order valence-corrected chi connectivity index (χ4v) is 2.82. The van der Waals surface area contributed by atoms with Gasteiger partial charge in [-0.05, 0) is 36.8 Å². The summed E-state index contributed by atoms with van der Waals surface area (Å²) in [5, 5.41) is 5.52. The van der Waals surface area contributed by atoms with Gasteiger partial charge in [0.25, 0.3) is 0 Å². The van der Waals surface area contributed by atoms with Gasteiger partial charge in [0, 0.05) is 6.26 Å². The lowest BCUT2D eigenvalue weighted by Gasteiger charge is -2.15. The molecule has 6 nitrogen and oxygen atoms in total. The van der Waals surface area contributed by atoms with Crippen LogP contribution in [0.2, 0.25) is 0 Å². The van der Waals surface area contributed by atoms with Gasteiger partial charge in [-0.1, -0.05) is 30.3 Å². The molecule has 134 valence electrons. The highest BCUT2D eigenvalue weighted by Crippen LogP contribution is 2.16. The maximum Gasteiger partial charge on any atom is 0.315 e. The van der Waals surface area contributed by atoms with Crippen LogP contribution >= 0.6 is 0 Å². The average Bonchev–Trinajstić information content (AvgIpc) is 2.59. The van der Waals surface area contributed by atoms with Crippen molar-refractivity contribution < 1.29 is 17.9 Å². The molecule has 0 saturated carbocycles. The van der Waals surface area contributed by atoms with E-state index in [1.54, 1.807) is 12.1 Å². The smallest absolute Gasteiger partial charge is 0.315 e. The fraction of sp³-hybridized carbons (Fsp3) is 0.278. The Morgan fingerprint density at radius 2 is 1.72 bits per heavy atom. The van der Waals surface area contributed by atoms with Crippen LogP contribution in [0.1, 0.15) is 18.5 Å². The molecule has 0 saturated heterocycles. The summed E-state index contributed by atoms with van der Waals surface area (Å²) < 4.78 is 28.4. The second kappa shape index (κ2) is 8.53. The fourth-order valence-electron chi connectivity index (χ4n) is 2.18. The highest BCUT2D eigenvalue weighted by molar-refractivity contribution is 7.90.